The van der Waals surface area contributed by atoms with Gasteiger partial charge in [-0.1, -0.05) is 77.8 Å². The first kappa shape index (κ1) is 20.7. The van der Waals surface area contributed by atoms with Gasteiger partial charge in [0.25, 0.3) is 0 Å². The third-order valence-corrected chi connectivity index (χ3v) is 6.11. The van der Waals surface area contributed by atoms with Crippen molar-refractivity contribution in [3.05, 3.63) is 113 Å². The molecule has 0 aliphatic rings. The third-order valence-electron chi connectivity index (χ3n) is 5.62. The number of halogens is 2. The van der Waals surface area contributed by atoms with Crippen LogP contribution < -0.4 is 5.55 Å². The summed E-state index contributed by atoms with van der Waals surface area (Å²) < 4.78 is 6.23. The molecule has 0 spiro atoms. The maximum atomic E-state index is 6.45. The second-order valence-corrected chi connectivity index (χ2v) is 8.74. The standard InChI is InChI=1S/C28H17Cl2N3O/c29-20-14-19-15-22(27-32-24-8-4-5-9-25(24)33-27)28(34-26(19)23(30)16-20)31-21-12-10-18(11-13-21)17-6-2-1-3-7-17/h1-16H,(H,32,33). The Hall–Kier alpha value is -3.86. The molecule has 0 amide bonds. The van der Waals surface area contributed by atoms with E-state index in [0.29, 0.717) is 32.6 Å². The van der Waals surface area contributed by atoms with Crippen molar-refractivity contribution in [3.63, 3.8) is 0 Å². The molecule has 0 saturated heterocycles. The lowest BCUT2D eigenvalue weighted by Crippen LogP contribution is -2.06. The number of benzene rings is 4. The van der Waals surface area contributed by atoms with Gasteiger partial charge in [-0.2, -0.15) is 0 Å². The first-order valence-electron chi connectivity index (χ1n) is 10.7. The highest BCUT2D eigenvalue weighted by molar-refractivity contribution is 6.38. The van der Waals surface area contributed by atoms with Crippen LogP contribution in [-0.4, -0.2) is 9.97 Å². The highest BCUT2D eigenvalue weighted by Gasteiger charge is 2.14. The smallest absolute Gasteiger partial charge is 0.230 e. The molecule has 1 N–H and O–H groups in total. The number of fused-ring (bicyclic) bond motifs is 2. The molecule has 0 aliphatic heterocycles. The van der Waals surface area contributed by atoms with Gasteiger partial charge < -0.3 is 9.40 Å². The van der Waals surface area contributed by atoms with E-state index in [0.717, 1.165) is 33.2 Å². The van der Waals surface area contributed by atoms with E-state index in [2.05, 4.69) is 17.1 Å². The lowest BCUT2D eigenvalue weighted by atomic mass is 10.1. The maximum absolute atomic E-state index is 6.45. The Balaban J connectivity index is 1.55. The predicted octanol–water partition coefficient (Wildman–Crippen LogP) is 8.18. The van der Waals surface area contributed by atoms with Gasteiger partial charge in [-0.25, -0.2) is 9.98 Å². The number of nitrogens with one attached hydrogen (secondary N) is 1. The molecule has 34 heavy (non-hydrogen) atoms. The number of H-pyrrole nitrogens is 1. The number of nitrogens with zero attached hydrogens (tertiary/aromatic N) is 2. The Kier molecular flexibility index (Phi) is 5.17. The minimum absolute atomic E-state index is 0.406. The summed E-state index contributed by atoms with van der Waals surface area (Å²) in [6.07, 6.45) is 0. The summed E-state index contributed by atoms with van der Waals surface area (Å²) in [5.74, 6) is 0.655. The number of para-hydroxylation sites is 2. The van der Waals surface area contributed by atoms with Gasteiger partial charge in [0.2, 0.25) is 5.55 Å². The topological polar surface area (TPSA) is 54.2 Å². The quantitative estimate of drug-likeness (QED) is 0.277. The molecule has 4 aromatic carbocycles. The van der Waals surface area contributed by atoms with Crippen LogP contribution in [-0.2, 0) is 0 Å². The Labute approximate surface area is 205 Å². The summed E-state index contributed by atoms with van der Waals surface area (Å²) in [5, 5.41) is 1.73. The fourth-order valence-electron chi connectivity index (χ4n) is 3.97. The van der Waals surface area contributed by atoms with Crippen molar-refractivity contribution < 1.29 is 4.42 Å². The molecule has 0 unspecified atom stereocenters. The van der Waals surface area contributed by atoms with Crippen LogP contribution in [0.1, 0.15) is 0 Å². The van der Waals surface area contributed by atoms with Gasteiger partial charge in [0.15, 0.2) is 5.58 Å². The highest BCUT2D eigenvalue weighted by atomic mass is 35.5. The minimum atomic E-state index is 0.406. The fourth-order valence-corrected chi connectivity index (χ4v) is 4.52. The van der Waals surface area contributed by atoms with E-state index >= 15 is 0 Å². The van der Waals surface area contributed by atoms with E-state index in [9.17, 15) is 0 Å². The third kappa shape index (κ3) is 3.87. The van der Waals surface area contributed by atoms with E-state index < -0.39 is 0 Å². The molecular formula is C28H17Cl2N3O. The summed E-state index contributed by atoms with van der Waals surface area (Å²) in [5.41, 5.74) is 6.45. The molecule has 0 atom stereocenters. The first-order valence-corrected chi connectivity index (χ1v) is 11.5. The summed E-state index contributed by atoms with van der Waals surface area (Å²) in [7, 11) is 0. The number of hydrogen-bond donors (Lipinski definition) is 1. The SMILES string of the molecule is Clc1cc(Cl)c2oc(=Nc3ccc(-c4ccccc4)cc3)c(-c3nc4ccccc4[nH]3)cc2c1. The van der Waals surface area contributed by atoms with Crippen molar-refractivity contribution in [2.24, 2.45) is 4.99 Å². The summed E-state index contributed by atoms with van der Waals surface area (Å²) in [6, 6.07) is 31.5. The predicted molar refractivity (Wildman–Crippen MR) is 138 cm³/mol. The zero-order chi connectivity index (χ0) is 23.1. The van der Waals surface area contributed by atoms with Crippen LogP contribution in [0.25, 0.3) is 44.5 Å². The monoisotopic (exact) mass is 481 g/mol. The van der Waals surface area contributed by atoms with Crippen molar-refractivity contribution in [1.29, 1.82) is 0 Å². The van der Waals surface area contributed by atoms with E-state index in [-0.39, 0.29) is 0 Å². The van der Waals surface area contributed by atoms with Gasteiger partial charge in [-0.3, -0.25) is 0 Å². The van der Waals surface area contributed by atoms with Crippen LogP contribution in [0.4, 0.5) is 5.69 Å². The Morgan fingerprint density at radius 1 is 0.765 bits per heavy atom. The van der Waals surface area contributed by atoms with Gasteiger partial charge in [0.05, 0.1) is 27.3 Å². The van der Waals surface area contributed by atoms with Crippen LogP contribution in [0.3, 0.4) is 0 Å². The van der Waals surface area contributed by atoms with E-state index in [4.69, 9.17) is 37.6 Å². The molecule has 6 rings (SSSR count). The molecule has 0 fully saturated rings. The Bertz CT molecular complexity index is 1690. The molecule has 0 bridgehead atoms. The fraction of sp³-hybridized carbons (Fsp3) is 0. The number of rotatable bonds is 3. The molecule has 6 aromatic rings. The Morgan fingerprint density at radius 2 is 1.50 bits per heavy atom. The van der Waals surface area contributed by atoms with Crippen LogP contribution in [0.5, 0.6) is 0 Å². The molecule has 2 aromatic heterocycles. The van der Waals surface area contributed by atoms with Crippen LogP contribution >= 0.6 is 23.2 Å². The number of aromatic amines is 1. The van der Waals surface area contributed by atoms with Crippen molar-refractivity contribution in [3.8, 4) is 22.5 Å². The average molecular weight is 482 g/mol. The van der Waals surface area contributed by atoms with Crippen LogP contribution in [0.15, 0.2) is 106 Å². The summed E-state index contributed by atoms with van der Waals surface area (Å²) >= 11 is 12.7. The lowest BCUT2D eigenvalue weighted by Gasteiger charge is -2.06. The van der Waals surface area contributed by atoms with Crippen molar-refractivity contribution >= 4 is 50.9 Å². The zero-order valence-electron chi connectivity index (χ0n) is 17.8. The van der Waals surface area contributed by atoms with E-state index in [1.807, 2.05) is 78.9 Å². The number of aromatic nitrogens is 2. The van der Waals surface area contributed by atoms with Crippen LogP contribution in [0, 0.1) is 0 Å². The van der Waals surface area contributed by atoms with Gasteiger partial charge in [0.1, 0.15) is 5.82 Å². The molecular weight excluding hydrogens is 465 g/mol. The van der Waals surface area contributed by atoms with Crippen molar-refractivity contribution in [2.45, 2.75) is 0 Å². The molecule has 164 valence electrons. The molecule has 0 radical (unpaired) electrons. The van der Waals surface area contributed by atoms with Gasteiger partial charge in [-0.15, -0.1) is 0 Å². The van der Waals surface area contributed by atoms with Crippen LogP contribution in [0.2, 0.25) is 10.0 Å². The largest absolute Gasteiger partial charge is 0.436 e. The molecule has 0 saturated carbocycles. The van der Waals surface area contributed by atoms with Gasteiger partial charge >= 0.3 is 0 Å². The second-order valence-electron chi connectivity index (χ2n) is 7.90. The molecule has 2 heterocycles. The molecule has 4 nitrogen and oxygen atoms in total. The average Bonchev–Trinajstić information content (AvgIpc) is 3.29. The summed E-state index contributed by atoms with van der Waals surface area (Å²) in [6.45, 7) is 0. The Morgan fingerprint density at radius 3 is 2.29 bits per heavy atom. The van der Waals surface area contributed by atoms with E-state index in [1.165, 1.54) is 0 Å². The summed E-state index contributed by atoms with van der Waals surface area (Å²) in [4.78, 5) is 12.9. The zero-order valence-corrected chi connectivity index (χ0v) is 19.3. The highest BCUT2D eigenvalue weighted by Crippen LogP contribution is 2.30. The number of imidazole rings is 1. The number of hydrogen-bond acceptors (Lipinski definition) is 3. The van der Waals surface area contributed by atoms with Crippen molar-refractivity contribution in [1.82, 2.24) is 9.97 Å². The molecule has 0 aliphatic carbocycles. The van der Waals surface area contributed by atoms with Gasteiger partial charge in [0, 0.05) is 10.4 Å². The second kappa shape index (κ2) is 8.49. The lowest BCUT2D eigenvalue weighted by molar-refractivity contribution is 0.547. The van der Waals surface area contributed by atoms with E-state index in [1.54, 1.807) is 6.07 Å². The van der Waals surface area contributed by atoms with Crippen molar-refractivity contribution in [2.75, 3.05) is 0 Å². The molecule has 6 heteroatoms. The van der Waals surface area contributed by atoms with Gasteiger partial charge in [-0.05, 0) is 53.6 Å². The first-order chi connectivity index (χ1) is 16.6. The normalized spacial score (nSPS) is 12.0. The maximum Gasteiger partial charge on any atom is 0.230 e. The minimum Gasteiger partial charge on any atom is -0.436 e.